The molecule has 0 bridgehead atoms. The topological polar surface area (TPSA) is 61.8 Å². The van der Waals surface area contributed by atoms with Crippen LogP contribution in [-0.4, -0.2) is 18.5 Å². The molecule has 1 atom stereocenters. The average molecular weight is 563 g/mol. The molecule has 0 aliphatic heterocycles. The standard InChI is InChI=1S/C36H50O5/c1-4-6-7-8-11-14-29-15-17-30(18-16-29)35(37)40-33-23-25-34(26-24-33)41-36(38)31-19-21-32(22-20-31)39-27-12-9-10-13-28(3)5-2/h4,19-26,28-30H,1,5-18,27H2,2-3H3. The van der Waals surface area contributed by atoms with Crippen molar-refractivity contribution < 1.29 is 23.8 Å². The first-order valence-electron chi connectivity index (χ1n) is 15.9. The lowest BCUT2D eigenvalue weighted by molar-refractivity contribution is -0.140. The highest BCUT2D eigenvalue weighted by atomic mass is 16.5. The maximum atomic E-state index is 12.7. The van der Waals surface area contributed by atoms with Crippen molar-refractivity contribution >= 4 is 11.9 Å². The molecule has 0 spiro atoms. The van der Waals surface area contributed by atoms with Crippen LogP contribution < -0.4 is 14.2 Å². The van der Waals surface area contributed by atoms with Crippen LogP contribution in [0, 0.1) is 17.8 Å². The van der Waals surface area contributed by atoms with E-state index < -0.39 is 5.97 Å². The lowest BCUT2D eigenvalue weighted by atomic mass is 9.80. The van der Waals surface area contributed by atoms with Crippen molar-refractivity contribution in [3.05, 3.63) is 66.7 Å². The molecule has 0 N–H and O–H groups in total. The normalized spacial score (nSPS) is 17.4. The molecule has 2 aromatic carbocycles. The second kappa shape index (κ2) is 18.4. The van der Waals surface area contributed by atoms with Crippen molar-refractivity contribution in [1.82, 2.24) is 0 Å². The SMILES string of the molecule is C=CCCCCCC1CCC(C(=O)Oc2ccc(OC(=O)c3ccc(OCCCCCC(C)CC)cc3)cc2)CC1. The minimum Gasteiger partial charge on any atom is -0.494 e. The molecule has 5 nitrogen and oxygen atoms in total. The number of unbranched alkanes of at least 4 members (excludes halogenated alkanes) is 5. The number of esters is 2. The summed E-state index contributed by atoms with van der Waals surface area (Å²) in [5.74, 6) is 2.52. The van der Waals surface area contributed by atoms with Crippen LogP contribution in [0.1, 0.15) is 114 Å². The monoisotopic (exact) mass is 562 g/mol. The number of hydrogen-bond acceptors (Lipinski definition) is 5. The lowest BCUT2D eigenvalue weighted by Crippen LogP contribution is -2.25. The van der Waals surface area contributed by atoms with E-state index in [2.05, 4.69) is 20.4 Å². The molecular weight excluding hydrogens is 512 g/mol. The van der Waals surface area contributed by atoms with Crippen molar-refractivity contribution in [2.24, 2.45) is 17.8 Å². The van der Waals surface area contributed by atoms with Gasteiger partial charge in [-0.2, -0.15) is 0 Å². The Bertz CT molecular complexity index is 1030. The Morgan fingerprint density at radius 3 is 2.12 bits per heavy atom. The van der Waals surface area contributed by atoms with Gasteiger partial charge in [0.05, 0.1) is 18.1 Å². The first-order chi connectivity index (χ1) is 20.0. The minimum atomic E-state index is -0.441. The Morgan fingerprint density at radius 1 is 0.829 bits per heavy atom. The van der Waals surface area contributed by atoms with Crippen LogP contribution in [0.4, 0.5) is 0 Å². The molecule has 224 valence electrons. The molecule has 3 rings (SSSR count). The summed E-state index contributed by atoms with van der Waals surface area (Å²) in [4.78, 5) is 25.3. The number of hydrogen-bond donors (Lipinski definition) is 0. The van der Waals surface area contributed by atoms with Crippen molar-refractivity contribution in [2.75, 3.05) is 6.61 Å². The quantitative estimate of drug-likeness (QED) is 0.0783. The Balaban J connectivity index is 1.34. The van der Waals surface area contributed by atoms with E-state index >= 15 is 0 Å². The zero-order chi connectivity index (χ0) is 29.3. The van der Waals surface area contributed by atoms with E-state index in [1.165, 1.54) is 51.4 Å². The molecule has 1 aliphatic carbocycles. The summed E-state index contributed by atoms with van der Waals surface area (Å²) in [6, 6.07) is 13.7. The predicted octanol–water partition coefficient (Wildman–Crippen LogP) is 9.74. The molecule has 0 radical (unpaired) electrons. The maximum Gasteiger partial charge on any atom is 0.343 e. The molecule has 1 unspecified atom stereocenters. The van der Waals surface area contributed by atoms with Crippen molar-refractivity contribution in [3.63, 3.8) is 0 Å². The van der Waals surface area contributed by atoms with E-state index in [0.29, 0.717) is 23.7 Å². The third-order valence-electron chi connectivity index (χ3n) is 8.35. The zero-order valence-electron chi connectivity index (χ0n) is 25.3. The third-order valence-corrected chi connectivity index (χ3v) is 8.35. The highest BCUT2D eigenvalue weighted by molar-refractivity contribution is 5.91. The fraction of sp³-hybridized carbons (Fsp3) is 0.556. The molecule has 1 aliphatic rings. The first kappa shape index (κ1) is 32.4. The van der Waals surface area contributed by atoms with E-state index in [-0.39, 0.29) is 11.9 Å². The van der Waals surface area contributed by atoms with Gasteiger partial charge in [0.2, 0.25) is 0 Å². The van der Waals surface area contributed by atoms with E-state index in [4.69, 9.17) is 14.2 Å². The van der Waals surface area contributed by atoms with Gasteiger partial charge < -0.3 is 14.2 Å². The Hall–Kier alpha value is -3.08. The fourth-order valence-electron chi connectivity index (χ4n) is 5.38. The van der Waals surface area contributed by atoms with E-state index in [1.807, 2.05) is 6.08 Å². The van der Waals surface area contributed by atoms with Crippen LogP contribution in [0.2, 0.25) is 0 Å². The fourth-order valence-corrected chi connectivity index (χ4v) is 5.38. The van der Waals surface area contributed by atoms with Crippen LogP contribution in [-0.2, 0) is 4.79 Å². The summed E-state index contributed by atoms with van der Waals surface area (Å²) in [7, 11) is 0. The maximum absolute atomic E-state index is 12.7. The van der Waals surface area contributed by atoms with Crippen LogP contribution in [0.15, 0.2) is 61.2 Å². The second-order valence-electron chi connectivity index (χ2n) is 11.7. The highest BCUT2D eigenvalue weighted by Gasteiger charge is 2.27. The van der Waals surface area contributed by atoms with E-state index in [9.17, 15) is 9.59 Å². The zero-order valence-corrected chi connectivity index (χ0v) is 25.3. The summed E-state index contributed by atoms with van der Waals surface area (Å²) in [6.07, 6.45) is 18.1. The third kappa shape index (κ3) is 12.1. The van der Waals surface area contributed by atoms with Gasteiger partial charge in [-0.25, -0.2) is 4.79 Å². The largest absolute Gasteiger partial charge is 0.494 e. The van der Waals surface area contributed by atoms with Gasteiger partial charge >= 0.3 is 11.9 Å². The summed E-state index contributed by atoms with van der Waals surface area (Å²) in [5.41, 5.74) is 0.453. The summed E-state index contributed by atoms with van der Waals surface area (Å²) in [5, 5.41) is 0. The van der Waals surface area contributed by atoms with Crippen LogP contribution in [0.3, 0.4) is 0 Å². The predicted molar refractivity (Wildman–Crippen MR) is 166 cm³/mol. The van der Waals surface area contributed by atoms with Crippen LogP contribution in [0.5, 0.6) is 17.2 Å². The molecule has 2 aromatic rings. The van der Waals surface area contributed by atoms with Gasteiger partial charge in [-0.05, 0) is 105 Å². The van der Waals surface area contributed by atoms with Gasteiger partial charge in [0.1, 0.15) is 17.2 Å². The Morgan fingerprint density at radius 2 is 1.46 bits per heavy atom. The Labute approximate surface area is 247 Å². The number of benzene rings is 2. The van der Waals surface area contributed by atoms with Gasteiger partial charge in [0.15, 0.2) is 0 Å². The molecule has 1 saturated carbocycles. The van der Waals surface area contributed by atoms with Crippen molar-refractivity contribution in [2.45, 2.75) is 104 Å². The van der Waals surface area contributed by atoms with Gasteiger partial charge in [0.25, 0.3) is 0 Å². The van der Waals surface area contributed by atoms with Crippen LogP contribution in [0.25, 0.3) is 0 Å². The van der Waals surface area contributed by atoms with Gasteiger partial charge in [-0.3, -0.25) is 4.79 Å². The molecular formula is C36H50O5. The lowest BCUT2D eigenvalue weighted by Gasteiger charge is -2.27. The average Bonchev–Trinajstić information content (AvgIpc) is 3.00. The minimum absolute atomic E-state index is 0.0360. The summed E-state index contributed by atoms with van der Waals surface area (Å²) < 4.78 is 17.0. The smallest absolute Gasteiger partial charge is 0.343 e. The Kier molecular flexibility index (Phi) is 14.5. The molecule has 0 aromatic heterocycles. The molecule has 5 heteroatoms. The molecule has 1 fully saturated rings. The second-order valence-corrected chi connectivity index (χ2v) is 11.7. The number of allylic oxidation sites excluding steroid dienone is 1. The van der Waals surface area contributed by atoms with Crippen LogP contribution >= 0.6 is 0 Å². The van der Waals surface area contributed by atoms with Crippen molar-refractivity contribution in [3.8, 4) is 17.2 Å². The number of ether oxygens (including phenoxy) is 3. The highest BCUT2D eigenvalue weighted by Crippen LogP contribution is 2.33. The van der Waals surface area contributed by atoms with E-state index in [0.717, 1.165) is 56.1 Å². The molecule has 0 saturated heterocycles. The number of rotatable bonds is 18. The first-order valence-corrected chi connectivity index (χ1v) is 15.9. The van der Waals surface area contributed by atoms with Gasteiger partial charge in [-0.1, -0.05) is 64.9 Å². The van der Waals surface area contributed by atoms with Gasteiger partial charge in [-0.15, -0.1) is 6.58 Å². The van der Waals surface area contributed by atoms with E-state index in [1.54, 1.807) is 48.5 Å². The molecule has 0 heterocycles. The summed E-state index contributed by atoms with van der Waals surface area (Å²) in [6.45, 7) is 9.00. The molecule has 0 amide bonds. The number of carbonyl (C=O) groups is 2. The molecule has 41 heavy (non-hydrogen) atoms. The summed E-state index contributed by atoms with van der Waals surface area (Å²) >= 11 is 0. The number of carbonyl (C=O) groups excluding carboxylic acids is 2. The van der Waals surface area contributed by atoms with Gasteiger partial charge in [0, 0.05) is 0 Å². The van der Waals surface area contributed by atoms with Crippen molar-refractivity contribution in [1.29, 1.82) is 0 Å².